The molecule has 1 fully saturated rings. The Morgan fingerprint density at radius 3 is 2.90 bits per heavy atom. The molecule has 2 unspecified atom stereocenters. The van der Waals surface area contributed by atoms with Crippen molar-refractivity contribution in [2.24, 2.45) is 0 Å². The molecule has 1 aliphatic rings. The first kappa shape index (κ1) is 14.8. The summed E-state index contributed by atoms with van der Waals surface area (Å²) in [5.41, 5.74) is 0. The number of likely N-dealkylation sites (N-methyl/N-ethyl adjacent to an activating group) is 1. The first-order valence-corrected chi connectivity index (χ1v) is 6.90. The largest absolute Gasteiger partial charge is 0.484 e. The minimum Gasteiger partial charge on any atom is -0.484 e. The number of halogens is 1. The highest BCUT2D eigenvalue weighted by atomic mass is 19.1. The first-order chi connectivity index (χ1) is 9.58. The van der Waals surface area contributed by atoms with E-state index in [1.165, 1.54) is 18.2 Å². The van der Waals surface area contributed by atoms with E-state index in [1.807, 2.05) is 0 Å². The zero-order chi connectivity index (χ0) is 14.5. The number of amides is 1. The van der Waals surface area contributed by atoms with E-state index in [2.05, 4.69) is 0 Å². The maximum Gasteiger partial charge on any atom is 0.260 e. The third-order valence-electron chi connectivity index (χ3n) is 3.74. The molecule has 4 nitrogen and oxygen atoms in total. The van der Waals surface area contributed by atoms with Crippen molar-refractivity contribution in [3.05, 3.63) is 30.1 Å². The molecule has 0 saturated heterocycles. The van der Waals surface area contributed by atoms with Gasteiger partial charge < -0.3 is 14.7 Å². The number of hydrogen-bond acceptors (Lipinski definition) is 3. The molecule has 5 heteroatoms. The van der Waals surface area contributed by atoms with Crippen molar-refractivity contribution in [2.75, 3.05) is 13.7 Å². The number of benzene rings is 1. The summed E-state index contributed by atoms with van der Waals surface area (Å²) in [6.45, 7) is -0.150. The van der Waals surface area contributed by atoms with Gasteiger partial charge in [-0.1, -0.05) is 18.9 Å². The number of carbonyl (C=O) groups excluding carboxylic acids is 1. The summed E-state index contributed by atoms with van der Waals surface area (Å²) >= 11 is 0. The molecule has 0 spiro atoms. The number of ether oxygens (including phenoxy) is 1. The fourth-order valence-corrected chi connectivity index (χ4v) is 2.53. The Morgan fingerprint density at radius 1 is 1.45 bits per heavy atom. The van der Waals surface area contributed by atoms with Crippen molar-refractivity contribution >= 4 is 5.91 Å². The van der Waals surface area contributed by atoms with Crippen LogP contribution in [0.25, 0.3) is 0 Å². The number of nitrogens with zero attached hydrogens (tertiary/aromatic N) is 1. The van der Waals surface area contributed by atoms with E-state index >= 15 is 0 Å². The summed E-state index contributed by atoms with van der Waals surface area (Å²) in [5.74, 6) is -0.276. The highest BCUT2D eigenvalue weighted by Gasteiger charge is 2.29. The van der Waals surface area contributed by atoms with E-state index in [-0.39, 0.29) is 18.6 Å². The molecule has 1 amide bonds. The topological polar surface area (TPSA) is 49.8 Å². The molecule has 110 valence electrons. The minimum atomic E-state index is -0.466. The molecule has 0 heterocycles. The molecule has 0 bridgehead atoms. The zero-order valence-corrected chi connectivity index (χ0v) is 11.6. The minimum absolute atomic E-state index is 0.146. The standard InChI is InChI=1S/C15H20FNO3/c1-17(13-7-2-3-8-14(13)18)15(19)10-20-12-6-4-5-11(16)9-12/h4-6,9,13-14,18H,2-3,7-8,10H2,1H3. The smallest absolute Gasteiger partial charge is 0.260 e. The van der Waals surface area contributed by atoms with Crippen LogP contribution in [-0.4, -0.2) is 41.7 Å². The number of rotatable bonds is 4. The SMILES string of the molecule is CN(C(=O)COc1cccc(F)c1)C1CCCCC1O. The van der Waals surface area contributed by atoms with Crippen LogP contribution in [0.3, 0.4) is 0 Å². The fraction of sp³-hybridized carbons (Fsp3) is 0.533. The van der Waals surface area contributed by atoms with Crippen molar-refractivity contribution in [2.45, 2.75) is 37.8 Å². The molecular formula is C15H20FNO3. The second-order valence-corrected chi connectivity index (χ2v) is 5.17. The van der Waals surface area contributed by atoms with Gasteiger partial charge in [0.1, 0.15) is 11.6 Å². The van der Waals surface area contributed by atoms with Gasteiger partial charge in [-0.15, -0.1) is 0 Å². The highest BCUT2D eigenvalue weighted by Crippen LogP contribution is 2.22. The van der Waals surface area contributed by atoms with Crippen molar-refractivity contribution < 1.29 is 19.0 Å². The quantitative estimate of drug-likeness (QED) is 0.918. The first-order valence-electron chi connectivity index (χ1n) is 6.90. The van der Waals surface area contributed by atoms with E-state index < -0.39 is 11.9 Å². The lowest BCUT2D eigenvalue weighted by Crippen LogP contribution is -2.47. The summed E-state index contributed by atoms with van der Waals surface area (Å²) in [6, 6.07) is 5.55. The third-order valence-corrected chi connectivity index (χ3v) is 3.74. The summed E-state index contributed by atoms with van der Waals surface area (Å²) in [7, 11) is 1.68. The molecular weight excluding hydrogens is 261 g/mol. The number of carbonyl (C=O) groups is 1. The Labute approximate surface area is 118 Å². The third kappa shape index (κ3) is 3.70. The van der Waals surface area contributed by atoms with Crippen LogP contribution >= 0.6 is 0 Å². The fourth-order valence-electron chi connectivity index (χ4n) is 2.53. The zero-order valence-electron chi connectivity index (χ0n) is 11.6. The molecule has 1 aromatic rings. The molecule has 1 N–H and O–H groups in total. The summed E-state index contributed by atoms with van der Waals surface area (Å²) in [5, 5.41) is 9.93. The van der Waals surface area contributed by atoms with Gasteiger partial charge in [0.05, 0.1) is 12.1 Å². The Bertz CT molecular complexity index is 466. The second-order valence-electron chi connectivity index (χ2n) is 5.17. The van der Waals surface area contributed by atoms with Crippen LogP contribution in [0.2, 0.25) is 0 Å². The second kappa shape index (κ2) is 6.70. The predicted molar refractivity (Wildman–Crippen MR) is 72.9 cm³/mol. The van der Waals surface area contributed by atoms with E-state index in [9.17, 15) is 14.3 Å². The van der Waals surface area contributed by atoms with Crippen molar-refractivity contribution in [1.29, 1.82) is 0 Å². The molecule has 0 aromatic heterocycles. The van der Waals surface area contributed by atoms with Crippen LogP contribution in [-0.2, 0) is 4.79 Å². The van der Waals surface area contributed by atoms with Crippen LogP contribution < -0.4 is 4.74 Å². The van der Waals surface area contributed by atoms with Gasteiger partial charge in [-0.05, 0) is 25.0 Å². The van der Waals surface area contributed by atoms with Crippen LogP contribution in [0.5, 0.6) is 5.75 Å². The highest BCUT2D eigenvalue weighted by molar-refractivity contribution is 5.77. The van der Waals surface area contributed by atoms with Gasteiger partial charge in [-0.3, -0.25) is 4.79 Å². The molecule has 2 atom stereocenters. The molecule has 1 aliphatic carbocycles. The maximum atomic E-state index is 13.0. The van der Waals surface area contributed by atoms with Crippen LogP contribution in [0, 0.1) is 5.82 Å². The lowest BCUT2D eigenvalue weighted by atomic mass is 9.91. The summed E-state index contributed by atoms with van der Waals surface area (Å²) in [4.78, 5) is 13.6. The van der Waals surface area contributed by atoms with Crippen molar-refractivity contribution in [3.8, 4) is 5.75 Å². The van der Waals surface area contributed by atoms with E-state index in [0.717, 1.165) is 25.7 Å². The van der Waals surface area contributed by atoms with Gasteiger partial charge in [0, 0.05) is 13.1 Å². The van der Waals surface area contributed by atoms with Gasteiger partial charge in [-0.25, -0.2) is 4.39 Å². The number of aliphatic hydroxyl groups is 1. The van der Waals surface area contributed by atoms with E-state index in [4.69, 9.17) is 4.74 Å². The molecule has 2 rings (SSSR count). The van der Waals surface area contributed by atoms with E-state index in [1.54, 1.807) is 18.0 Å². The monoisotopic (exact) mass is 281 g/mol. The summed E-state index contributed by atoms with van der Waals surface area (Å²) in [6.07, 6.45) is 3.09. The van der Waals surface area contributed by atoms with Gasteiger partial charge in [0.2, 0.25) is 0 Å². The Balaban J connectivity index is 1.87. The molecule has 0 radical (unpaired) electrons. The predicted octanol–water partition coefficient (Wildman–Crippen LogP) is 1.97. The summed E-state index contributed by atoms with van der Waals surface area (Å²) < 4.78 is 18.3. The van der Waals surface area contributed by atoms with Crippen LogP contribution in [0.4, 0.5) is 4.39 Å². The van der Waals surface area contributed by atoms with Crippen molar-refractivity contribution in [3.63, 3.8) is 0 Å². The molecule has 1 saturated carbocycles. The Kier molecular flexibility index (Phi) is 4.95. The van der Waals surface area contributed by atoms with Gasteiger partial charge >= 0.3 is 0 Å². The average molecular weight is 281 g/mol. The normalized spacial score (nSPS) is 22.4. The van der Waals surface area contributed by atoms with Gasteiger partial charge in [0.15, 0.2) is 6.61 Å². The van der Waals surface area contributed by atoms with Crippen LogP contribution in [0.1, 0.15) is 25.7 Å². The number of aliphatic hydroxyl groups excluding tert-OH is 1. The molecule has 20 heavy (non-hydrogen) atoms. The average Bonchev–Trinajstić information content (AvgIpc) is 2.44. The lowest BCUT2D eigenvalue weighted by Gasteiger charge is -2.35. The van der Waals surface area contributed by atoms with Crippen LogP contribution in [0.15, 0.2) is 24.3 Å². The Morgan fingerprint density at radius 2 is 2.20 bits per heavy atom. The van der Waals surface area contributed by atoms with Gasteiger partial charge in [0.25, 0.3) is 5.91 Å². The lowest BCUT2D eigenvalue weighted by molar-refractivity contribution is -0.137. The van der Waals surface area contributed by atoms with E-state index in [0.29, 0.717) is 5.75 Å². The maximum absolute atomic E-state index is 13.0. The molecule has 0 aliphatic heterocycles. The van der Waals surface area contributed by atoms with Gasteiger partial charge in [-0.2, -0.15) is 0 Å². The molecule has 1 aromatic carbocycles. The Hall–Kier alpha value is -1.62. The number of hydrogen-bond donors (Lipinski definition) is 1. The van der Waals surface area contributed by atoms with Crippen molar-refractivity contribution in [1.82, 2.24) is 4.90 Å².